The molecule has 0 saturated carbocycles. The number of aromatic nitrogens is 3. The van der Waals surface area contributed by atoms with Crippen molar-refractivity contribution in [2.75, 3.05) is 19.2 Å². The quantitative estimate of drug-likeness (QED) is 0.605. The third-order valence-corrected chi connectivity index (χ3v) is 5.86. The highest BCUT2D eigenvalue weighted by Gasteiger charge is 2.35. The number of amides is 1. The van der Waals surface area contributed by atoms with Gasteiger partial charge in [0.2, 0.25) is 11.1 Å². The van der Waals surface area contributed by atoms with Gasteiger partial charge >= 0.3 is 0 Å². The lowest BCUT2D eigenvalue weighted by atomic mass is 10.1. The number of ether oxygens (including phenoxy) is 2. The Morgan fingerprint density at radius 3 is 2.23 bits per heavy atom. The largest absolute Gasteiger partial charge is 0.493 e. The number of allylic oxidation sites excluding steroid dienone is 1. The van der Waals surface area contributed by atoms with Crippen LogP contribution in [-0.2, 0) is 9.59 Å². The molecule has 0 bridgehead atoms. The maximum atomic E-state index is 12.9. The number of Topliss-reactive ketones (excluding diaryl/α,β-unsaturated/α-hetero) is 1. The summed E-state index contributed by atoms with van der Waals surface area (Å²) in [5.74, 6) is 1.06. The summed E-state index contributed by atoms with van der Waals surface area (Å²) >= 11 is 1.18. The van der Waals surface area contributed by atoms with Crippen LogP contribution in [0.1, 0.15) is 19.4 Å². The maximum absolute atomic E-state index is 12.9. The van der Waals surface area contributed by atoms with Crippen LogP contribution in [0.5, 0.6) is 11.5 Å². The third-order valence-electron chi connectivity index (χ3n) is 4.74. The van der Waals surface area contributed by atoms with Crippen LogP contribution in [0, 0.1) is 0 Å². The van der Waals surface area contributed by atoms with Crippen LogP contribution in [0.3, 0.4) is 0 Å². The van der Waals surface area contributed by atoms with E-state index in [0.717, 1.165) is 5.56 Å². The Morgan fingerprint density at radius 1 is 0.903 bits per heavy atom. The van der Waals surface area contributed by atoms with Crippen LogP contribution >= 0.6 is 11.8 Å². The van der Waals surface area contributed by atoms with E-state index in [0.29, 0.717) is 38.6 Å². The smallest absolute Gasteiger partial charge is 0.243 e. The number of methoxy groups -OCH3 is 2. The summed E-state index contributed by atoms with van der Waals surface area (Å²) < 4.78 is 12.4. The SMILES string of the molecule is COc1ccc(C2=C(C(C)=O)Sc3nnc(-c4ccccc4)n3N2C(C)=O)cc1OC. The minimum absolute atomic E-state index is 0.184. The van der Waals surface area contributed by atoms with Crippen molar-refractivity contribution in [3.05, 3.63) is 59.0 Å². The molecule has 2 aromatic carbocycles. The number of carbonyl (C=O) groups is 2. The first-order valence-electron chi connectivity index (χ1n) is 9.43. The second-order valence-corrected chi connectivity index (χ2v) is 7.70. The zero-order chi connectivity index (χ0) is 22.1. The molecule has 0 N–H and O–H groups in total. The monoisotopic (exact) mass is 436 g/mol. The van der Waals surface area contributed by atoms with Crippen molar-refractivity contribution >= 4 is 29.1 Å². The number of fused-ring (bicyclic) bond motifs is 1. The molecule has 2 heterocycles. The number of benzene rings is 2. The van der Waals surface area contributed by atoms with E-state index in [9.17, 15) is 9.59 Å². The lowest BCUT2D eigenvalue weighted by Crippen LogP contribution is -2.41. The molecule has 1 aliphatic heterocycles. The number of thioether (sulfide) groups is 1. The van der Waals surface area contributed by atoms with E-state index in [-0.39, 0.29) is 11.7 Å². The molecule has 1 aliphatic rings. The predicted octanol–water partition coefficient (Wildman–Crippen LogP) is 3.51. The molecule has 0 radical (unpaired) electrons. The Balaban J connectivity index is 1.97. The van der Waals surface area contributed by atoms with Crippen molar-refractivity contribution in [2.24, 2.45) is 0 Å². The average Bonchev–Trinajstić information content (AvgIpc) is 3.21. The molecule has 0 atom stereocenters. The highest BCUT2D eigenvalue weighted by molar-refractivity contribution is 8.04. The van der Waals surface area contributed by atoms with Gasteiger partial charge < -0.3 is 9.47 Å². The molecule has 0 unspecified atom stereocenters. The standard InChI is InChI=1S/C22H20N4O4S/c1-13(27)20-19(16-10-11-17(29-3)18(12-16)30-4)25(14(2)28)26-21(23-24-22(26)31-20)15-8-6-5-7-9-15/h5-12H,1-4H3. The van der Waals surface area contributed by atoms with Gasteiger partial charge in [-0.3, -0.25) is 9.59 Å². The first-order chi connectivity index (χ1) is 15.0. The zero-order valence-corrected chi connectivity index (χ0v) is 18.3. The molecule has 9 heteroatoms. The van der Waals surface area contributed by atoms with Gasteiger partial charge in [0.05, 0.1) is 24.8 Å². The maximum Gasteiger partial charge on any atom is 0.243 e. The summed E-state index contributed by atoms with van der Waals surface area (Å²) in [7, 11) is 3.08. The van der Waals surface area contributed by atoms with Gasteiger partial charge in [-0.2, -0.15) is 4.68 Å². The fourth-order valence-corrected chi connectivity index (χ4v) is 4.35. The molecule has 0 aliphatic carbocycles. The Labute approximate surface area is 183 Å². The van der Waals surface area contributed by atoms with E-state index >= 15 is 0 Å². The van der Waals surface area contributed by atoms with Crippen LogP contribution in [0.15, 0.2) is 58.6 Å². The summed E-state index contributed by atoms with van der Waals surface area (Å²) in [6.07, 6.45) is 0. The molecule has 8 nitrogen and oxygen atoms in total. The molecule has 0 saturated heterocycles. The van der Waals surface area contributed by atoms with Gasteiger partial charge in [0.15, 0.2) is 23.1 Å². The van der Waals surface area contributed by atoms with Crippen LogP contribution in [0.2, 0.25) is 0 Å². The van der Waals surface area contributed by atoms with Crippen molar-refractivity contribution in [1.29, 1.82) is 0 Å². The summed E-state index contributed by atoms with van der Waals surface area (Å²) in [5, 5.41) is 10.4. The normalized spacial score (nSPS) is 13.1. The van der Waals surface area contributed by atoms with Gasteiger partial charge in [-0.15, -0.1) is 10.2 Å². The minimum atomic E-state index is -0.290. The van der Waals surface area contributed by atoms with E-state index < -0.39 is 0 Å². The summed E-state index contributed by atoms with van der Waals surface area (Å²) in [6, 6.07) is 14.7. The molecule has 0 fully saturated rings. The van der Waals surface area contributed by atoms with E-state index in [4.69, 9.17) is 9.47 Å². The molecule has 1 amide bonds. The lowest BCUT2D eigenvalue weighted by Gasteiger charge is -2.32. The second kappa shape index (κ2) is 8.27. The van der Waals surface area contributed by atoms with Gasteiger partial charge in [0, 0.05) is 18.1 Å². The topological polar surface area (TPSA) is 86.5 Å². The van der Waals surface area contributed by atoms with Crippen LogP contribution < -0.4 is 14.5 Å². The Hall–Kier alpha value is -3.59. The van der Waals surface area contributed by atoms with E-state index in [1.54, 1.807) is 30.0 Å². The van der Waals surface area contributed by atoms with Crippen molar-refractivity contribution in [2.45, 2.75) is 19.0 Å². The van der Waals surface area contributed by atoms with Crippen molar-refractivity contribution in [3.8, 4) is 22.9 Å². The highest BCUT2D eigenvalue weighted by Crippen LogP contribution is 2.42. The van der Waals surface area contributed by atoms with Crippen LogP contribution in [0.25, 0.3) is 17.1 Å². The van der Waals surface area contributed by atoms with Gasteiger partial charge in [-0.25, -0.2) is 5.01 Å². The highest BCUT2D eigenvalue weighted by atomic mass is 32.2. The minimum Gasteiger partial charge on any atom is -0.493 e. The molecule has 3 aromatic rings. The number of carbonyl (C=O) groups excluding carboxylic acids is 2. The summed E-state index contributed by atoms with van der Waals surface area (Å²) in [6.45, 7) is 2.90. The number of hydrogen-bond donors (Lipinski definition) is 0. The first-order valence-corrected chi connectivity index (χ1v) is 10.2. The van der Waals surface area contributed by atoms with Crippen molar-refractivity contribution in [1.82, 2.24) is 14.9 Å². The molecule has 1 aromatic heterocycles. The number of rotatable bonds is 5. The third kappa shape index (κ3) is 3.57. The average molecular weight is 436 g/mol. The Morgan fingerprint density at radius 2 is 1.61 bits per heavy atom. The fraction of sp³-hybridized carbons (Fsp3) is 0.182. The fourth-order valence-electron chi connectivity index (χ4n) is 3.39. The van der Waals surface area contributed by atoms with Crippen LogP contribution in [0.4, 0.5) is 0 Å². The Kier molecular flexibility index (Phi) is 5.51. The van der Waals surface area contributed by atoms with Crippen molar-refractivity contribution in [3.63, 3.8) is 0 Å². The molecular formula is C22H20N4O4S. The van der Waals surface area contributed by atoms with Crippen molar-refractivity contribution < 1.29 is 19.1 Å². The molecular weight excluding hydrogens is 416 g/mol. The van der Waals surface area contributed by atoms with Gasteiger partial charge in [0.1, 0.15) is 0 Å². The molecule has 0 spiro atoms. The van der Waals surface area contributed by atoms with E-state index in [1.165, 1.54) is 37.7 Å². The molecule has 158 valence electrons. The zero-order valence-electron chi connectivity index (χ0n) is 17.4. The van der Waals surface area contributed by atoms with Crippen LogP contribution in [-0.4, -0.2) is 40.8 Å². The van der Waals surface area contributed by atoms with Gasteiger partial charge in [-0.05, 0) is 36.9 Å². The van der Waals surface area contributed by atoms with Gasteiger partial charge in [0.25, 0.3) is 0 Å². The summed E-state index contributed by atoms with van der Waals surface area (Å²) in [4.78, 5) is 25.9. The first kappa shape index (κ1) is 20.7. The second-order valence-electron chi connectivity index (χ2n) is 6.72. The van der Waals surface area contributed by atoms with E-state index in [2.05, 4.69) is 10.2 Å². The van der Waals surface area contributed by atoms with Gasteiger partial charge in [-0.1, -0.05) is 30.3 Å². The molecule has 4 rings (SSSR count). The Bertz CT molecular complexity index is 1200. The lowest BCUT2D eigenvalue weighted by molar-refractivity contribution is -0.117. The predicted molar refractivity (Wildman–Crippen MR) is 117 cm³/mol. The number of nitrogens with zero attached hydrogens (tertiary/aromatic N) is 4. The number of hydrogen-bond acceptors (Lipinski definition) is 7. The molecule has 31 heavy (non-hydrogen) atoms. The number of ketones is 1. The van der Waals surface area contributed by atoms with E-state index in [1.807, 2.05) is 30.3 Å². The summed E-state index contributed by atoms with van der Waals surface area (Å²) in [5.41, 5.74) is 1.87.